The third kappa shape index (κ3) is 3.70. The van der Waals surface area contributed by atoms with Crippen LogP contribution in [0.25, 0.3) is 6.08 Å². The predicted molar refractivity (Wildman–Crippen MR) is 81.3 cm³/mol. The van der Waals surface area contributed by atoms with Crippen molar-refractivity contribution in [3.05, 3.63) is 41.5 Å². The van der Waals surface area contributed by atoms with Crippen LogP contribution in [-0.4, -0.2) is 35.1 Å². The van der Waals surface area contributed by atoms with Gasteiger partial charge in [-0.25, -0.2) is 0 Å². The molecule has 1 aliphatic rings. The van der Waals surface area contributed by atoms with Gasteiger partial charge in [-0.15, -0.1) is 0 Å². The number of hydrogen-bond acceptors (Lipinski definition) is 2. The Hall–Kier alpha value is -1.61. The molecule has 0 saturated carbocycles. The minimum Gasteiger partial charge on any atom is -0.394 e. The minimum absolute atomic E-state index is 0.00307. The van der Waals surface area contributed by atoms with Gasteiger partial charge in [-0.1, -0.05) is 31.2 Å². The zero-order valence-electron chi connectivity index (χ0n) is 12.1. The highest BCUT2D eigenvalue weighted by atomic mass is 16.3. The Kier molecular flexibility index (Phi) is 5.36. The van der Waals surface area contributed by atoms with Crippen LogP contribution in [0.4, 0.5) is 0 Å². The lowest BCUT2D eigenvalue weighted by atomic mass is 10.0. The number of rotatable bonds is 4. The highest BCUT2D eigenvalue weighted by molar-refractivity contribution is 5.92. The molecule has 20 heavy (non-hydrogen) atoms. The Labute approximate surface area is 120 Å². The molecule has 1 N–H and O–H groups in total. The van der Waals surface area contributed by atoms with E-state index in [0.29, 0.717) is 0 Å². The number of likely N-dealkylation sites (tertiary alicyclic amines) is 1. The number of hydrogen-bond donors (Lipinski definition) is 1. The monoisotopic (exact) mass is 273 g/mol. The molecule has 1 aromatic rings. The van der Waals surface area contributed by atoms with Crippen LogP contribution in [0, 0.1) is 0 Å². The maximum atomic E-state index is 12.2. The van der Waals surface area contributed by atoms with Crippen molar-refractivity contribution in [2.24, 2.45) is 0 Å². The van der Waals surface area contributed by atoms with Crippen molar-refractivity contribution in [1.82, 2.24) is 4.90 Å². The zero-order valence-corrected chi connectivity index (χ0v) is 12.1. The molecular weight excluding hydrogens is 250 g/mol. The summed E-state index contributed by atoms with van der Waals surface area (Å²) in [7, 11) is 0. The van der Waals surface area contributed by atoms with Gasteiger partial charge in [0.25, 0.3) is 0 Å². The molecular formula is C17H23NO2. The number of nitrogens with zero attached hydrogens (tertiary/aromatic N) is 1. The van der Waals surface area contributed by atoms with Gasteiger partial charge in [0.1, 0.15) is 0 Å². The van der Waals surface area contributed by atoms with Crippen molar-refractivity contribution in [3.63, 3.8) is 0 Å². The van der Waals surface area contributed by atoms with Crippen LogP contribution in [0.3, 0.4) is 0 Å². The topological polar surface area (TPSA) is 40.5 Å². The highest BCUT2D eigenvalue weighted by Gasteiger charge is 2.24. The van der Waals surface area contributed by atoms with Crippen LogP contribution >= 0.6 is 0 Å². The third-order valence-corrected chi connectivity index (χ3v) is 3.93. The van der Waals surface area contributed by atoms with Crippen LogP contribution < -0.4 is 0 Å². The number of aryl methyl sites for hydroxylation is 1. The normalized spacial score (nSPS) is 19.5. The maximum Gasteiger partial charge on any atom is 0.246 e. The lowest BCUT2D eigenvalue weighted by Gasteiger charge is -2.33. The fourth-order valence-corrected chi connectivity index (χ4v) is 2.61. The van der Waals surface area contributed by atoms with Crippen molar-refractivity contribution in [1.29, 1.82) is 0 Å². The Balaban J connectivity index is 2.00. The summed E-state index contributed by atoms with van der Waals surface area (Å²) in [6.45, 7) is 2.94. The van der Waals surface area contributed by atoms with E-state index in [9.17, 15) is 9.90 Å². The van der Waals surface area contributed by atoms with Crippen molar-refractivity contribution in [3.8, 4) is 0 Å². The molecule has 1 amide bonds. The zero-order chi connectivity index (χ0) is 14.4. The van der Waals surface area contributed by atoms with Gasteiger partial charge in [0.15, 0.2) is 0 Å². The van der Waals surface area contributed by atoms with E-state index in [-0.39, 0.29) is 18.6 Å². The van der Waals surface area contributed by atoms with E-state index < -0.39 is 0 Å². The summed E-state index contributed by atoms with van der Waals surface area (Å²) in [6, 6.07) is 8.22. The van der Waals surface area contributed by atoms with Crippen LogP contribution in [0.15, 0.2) is 30.3 Å². The standard InChI is InChI=1S/C17H23NO2/c1-2-14-6-8-15(9-7-14)10-11-17(20)18-12-4-3-5-16(18)13-19/h6-11,16,19H,2-5,12-13H2,1H3/b11-10+. The molecule has 0 spiro atoms. The first-order chi connectivity index (χ1) is 9.74. The summed E-state index contributed by atoms with van der Waals surface area (Å²) in [6.07, 6.45) is 7.52. The number of carbonyl (C=O) groups is 1. The highest BCUT2D eigenvalue weighted by Crippen LogP contribution is 2.17. The van der Waals surface area contributed by atoms with Crippen LogP contribution in [0.5, 0.6) is 0 Å². The van der Waals surface area contributed by atoms with Gasteiger partial charge in [0.05, 0.1) is 12.6 Å². The van der Waals surface area contributed by atoms with Crippen molar-refractivity contribution < 1.29 is 9.90 Å². The van der Waals surface area contributed by atoms with E-state index in [1.807, 2.05) is 18.2 Å². The first-order valence-electron chi connectivity index (χ1n) is 7.43. The molecule has 3 heteroatoms. The number of aliphatic hydroxyl groups is 1. The van der Waals surface area contributed by atoms with Crippen LogP contribution in [0.1, 0.15) is 37.3 Å². The van der Waals surface area contributed by atoms with Crippen molar-refractivity contribution in [2.45, 2.75) is 38.6 Å². The lowest BCUT2D eigenvalue weighted by molar-refractivity contribution is -0.130. The largest absolute Gasteiger partial charge is 0.394 e. The first kappa shape index (κ1) is 14.8. The Morgan fingerprint density at radius 1 is 1.35 bits per heavy atom. The SMILES string of the molecule is CCc1ccc(/C=C/C(=O)N2CCCCC2CO)cc1. The van der Waals surface area contributed by atoms with Crippen molar-refractivity contribution >= 4 is 12.0 Å². The summed E-state index contributed by atoms with van der Waals surface area (Å²) in [4.78, 5) is 14.0. The summed E-state index contributed by atoms with van der Waals surface area (Å²) in [5, 5.41) is 9.34. The first-order valence-corrected chi connectivity index (χ1v) is 7.43. The van der Waals surface area contributed by atoms with Gasteiger partial charge in [0.2, 0.25) is 5.91 Å². The Morgan fingerprint density at radius 2 is 2.10 bits per heavy atom. The molecule has 1 fully saturated rings. The average molecular weight is 273 g/mol. The molecule has 2 rings (SSSR count). The maximum absolute atomic E-state index is 12.2. The molecule has 3 nitrogen and oxygen atoms in total. The van der Waals surface area contributed by atoms with E-state index in [4.69, 9.17) is 0 Å². The second-order valence-electron chi connectivity index (χ2n) is 5.29. The molecule has 1 aliphatic heterocycles. The summed E-state index contributed by atoms with van der Waals surface area (Å²) in [5.74, 6) is 0.00307. The molecule has 0 aromatic heterocycles. The van der Waals surface area contributed by atoms with Crippen LogP contribution in [0.2, 0.25) is 0 Å². The van der Waals surface area contributed by atoms with Gasteiger partial charge < -0.3 is 10.0 Å². The Bertz CT molecular complexity index is 464. The van der Waals surface area contributed by atoms with E-state index in [1.165, 1.54) is 5.56 Å². The second kappa shape index (κ2) is 7.25. The smallest absolute Gasteiger partial charge is 0.246 e. The molecule has 1 aromatic carbocycles. The molecule has 0 bridgehead atoms. The third-order valence-electron chi connectivity index (χ3n) is 3.93. The summed E-state index contributed by atoms with van der Waals surface area (Å²) >= 11 is 0. The van der Waals surface area contributed by atoms with Gasteiger partial charge in [-0.05, 0) is 42.9 Å². The summed E-state index contributed by atoms with van der Waals surface area (Å²) in [5.41, 5.74) is 2.33. The number of piperidine rings is 1. The minimum atomic E-state index is -0.0108. The Morgan fingerprint density at radius 3 is 2.75 bits per heavy atom. The number of benzene rings is 1. The molecule has 1 atom stereocenters. The van der Waals surface area contributed by atoms with E-state index in [0.717, 1.165) is 37.8 Å². The number of aliphatic hydroxyl groups excluding tert-OH is 1. The number of carbonyl (C=O) groups excluding carboxylic acids is 1. The van der Waals surface area contributed by atoms with Crippen LogP contribution in [-0.2, 0) is 11.2 Å². The molecule has 0 aliphatic carbocycles. The molecule has 1 unspecified atom stereocenters. The molecule has 0 radical (unpaired) electrons. The number of amides is 1. The predicted octanol–water partition coefficient (Wildman–Crippen LogP) is 2.64. The van der Waals surface area contributed by atoms with E-state index in [1.54, 1.807) is 11.0 Å². The van der Waals surface area contributed by atoms with Gasteiger partial charge in [-0.3, -0.25) is 4.79 Å². The molecule has 1 heterocycles. The average Bonchev–Trinajstić information content (AvgIpc) is 2.53. The molecule has 108 valence electrons. The van der Waals surface area contributed by atoms with Crippen molar-refractivity contribution in [2.75, 3.05) is 13.2 Å². The molecule has 1 saturated heterocycles. The van der Waals surface area contributed by atoms with E-state index >= 15 is 0 Å². The van der Waals surface area contributed by atoms with Gasteiger partial charge in [0, 0.05) is 12.6 Å². The summed E-state index contributed by atoms with van der Waals surface area (Å²) < 4.78 is 0. The van der Waals surface area contributed by atoms with E-state index in [2.05, 4.69) is 19.1 Å². The van der Waals surface area contributed by atoms with Gasteiger partial charge >= 0.3 is 0 Å². The lowest BCUT2D eigenvalue weighted by Crippen LogP contribution is -2.44. The van der Waals surface area contributed by atoms with Gasteiger partial charge in [-0.2, -0.15) is 0 Å². The fraction of sp³-hybridized carbons (Fsp3) is 0.471. The quantitative estimate of drug-likeness (QED) is 0.857. The second-order valence-corrected chi connectivity index (χ2v) is 5.29. The fourth-order valence-electron chi connectivity index (χ4n) is 2.61.